The minimum absolute atomic E-state index is 0.0293. The van der Waals surface area contributed by atoms with Crippen LogP contribution in [0.2, 0.25) is 0 Å². The fourth-order valence-corrected chi connectivity index (χ4v) is 2.96. The Morgan fingerprint density at radius 3 is 2.39 bits per heavy atom. The molecule has 0 radical (unpaired) electrons. The molecule has 0 unspecified atom stereocenters. The van der Waals surface area contributed by atoms with E-state index < -0.39 is 15.8 Å². The second-order valence-electron chi connectivity index (χ2n) is 4.70. The van der Waals surface area contributed by atoms with Gasteiger partial charge in [-0.3, -0.25) is 0 Å². The normalized spacial score (nSPS) is 11.3. The summed E-state index contributed by atoms with van der Waals surface area (Å²) in [5, 5.41) is 0. The van der Waals surface area contributed by atoms with Gasteiger partial charge in [-0.05, 0) is 42.8 Å². The van der Waals surface area contributed by atoms with E-state index in [-0.39, 0.29) is 17.2 Å². The molecule has 2 rings (SSSR count). The third-order valence-electron chi connectivity index (χ3n) is 3.14. The molecular weight excluding hydrogens is 321 g/mol. The predicted molar refractivity (Wildman–Crippen MR) is 84.6 cm³/mol. The molecule has 0 fully saturated rings. The van der Waals surface area contributed by atoms with Crippen molar-refractivity contribution >= 4 is 10.0 Å². The quantitative estimate of drug-likeness (QED) is 0.842. The number of sulfonamides is 1. The van der Waals surface area contributed by atoms with Crippen LogP contribution < -0.4 is 14.2 Å². The van der Waals surface area contributed by atoms with Crippen molar-refractivity contribution in [1.29, 1.82) is 0 Å². The van der Waals surface area contributed by atoms with E-state index in [0.717, 1.165) is 11.6 Å². The van der Waals surface area contributed by atoms with Gasteiger partial charge in [-0.1, -0.05) is 12.1 Å². The van der Waals surface area contributed by atoms with Crippen molar-refractivity contribution in [2.75, 3.05) is 13.7 Å². The van der Waals surface area contributed by atoms with Gasteiger partial charge in [0, 0.05) is 6.54 Å². The topological polar surface area (TPSA) is 64.6 Å². The van der Waals surface area contributed by atoms with Gasteiger partial charge in [0.1, 0.15) is 5.75 Å². The summed E-state index contributed by atoms with van der Waals surface area (Å²) >= 11 is 0. The fourth-order valence-electron chi connectivity index (χ4n) is 1.93. The Balaban J connectivity index is 2.10. The molecule has 0 bridgehead atoms. The summed E-state index contributed by atoms with van der Waals surface area (Å²) in [5.74, 6) is 0.00553. The minimum atomic E-state index is -3.81. The minimum Gasteiger partial charge on any atom is -0.497 e. The van der Waals surface area contributed by atoms with Gasteiger partial charge in [0.15, 0.2) is 11.6 Å². The van der Waals surface area contributed by atoms with Gasteiger partial charge in [0.25, 0.3) is 0 Å². The number of ether oxygens (including phenoxy) is 2. The Hall–Kier alpha value is -2.12. The average molecular weight is 339 g/mol. The second kappa shape index (κ2) is 7.43. The average Bonchev–Trinajstić information content (AvgIpc) is 2.55. The van der Waals surface area contributed by atoms with Gasteiger partial charge >= 0.3 is 0 Å². The number of methoxy groups -OCH3 is 1. The highest BCUT2D eigenvalue weighted by molar-refractivity contribution is 7.89. The first-order chi connectivity index (χ1) is 11.0. The molecule has 1 N–H and O–H groups in total. The highest BCUT2D eigenvalue weighted by Crippen LogP contribution is 2.21. The molecule has 2 aromatic carbocycles. The maximum absolute atomic E-state index is 13.8. The van der Waals surface area contributed by atoms with Crippen LogP contribution in [0, 0.1) is 5.82 Å². The van der Waals surface area contributed by atoms with E-state index in [9.17, 15) is 12.8 Å². The Bertz CT molecular complexity index is 760. The van der Waals surface area contributed by atoms with Crippen molar-refractivity contribution in [3.8, 4) is 11.5 Å². The van der Waals surface area contributed by atoms with Gasteiger partial charge in [-0.2, -0.15) is 0 Å². The standard InChI is InChI=1S/C16H18FNO4S/c1-3-22-16-9-8-14(10-15(16)17)23(19,20)18-11-12-4-6-13(21-2)7-5-12/h4-10,18H,3,11H2,1-2H3. The predicted octanol–water partition coefficient (Wildman–Crippen LogP) is 2.71. The van der Waals surface area contributed by atoms with Gasteiger partial charge in [0.2, 0.25) is 10.0 Å². The van der Waals surface area contributed by atoms with Crippen LogP contribution in [0.1, 0.15) is 12.5 Å². The first-order valence-corrected chi connectivity index (χ1v) is 8.49. The Morgan fingerprint density at radius 1 is 1.13 bits per heavy atom. The van der Waals surface area contributed by atoms with Gasteiger partial charge in [-0.15, -0.1) is 0 Å². The second-order valence-corrected chi connectivity index (χ2v) is 6.46. The highest BCUT2D eigenvalue weighted by atomic mass is 32.2. The zero-order valence-electron chi connectivity index (χ0n) is 12.9. The van der Waals surface area contributed by atoms with E-state index in [2.05, 4.69) is 4.72 Å². The molecule has 0 amide bonds. The number of nitrogens with one attached hydrogen (secondary N) is 1. The lowest BCUT2D eigenvalue weighted by Gasteiger charge is -2.09. The van der Waals surface area contributed by atoms with Crippen molar-refractivity contribution in [2.45, 2.75) is 18.4 Å². The first-order valence-electron chi connectivity index (χ1n) is 7.01. The fraction of sp³-hybridized carbons (Fsp3) is 0.250. The van der Waals surface area contributed by atoms with E-state index >= 15 is 0 Å². The molecule has 0 aliphatic carbocycles. The summed E-state index contributed by atoms with van der Waals surface area (Å²) in [7, 11) is -2.25. The lowest BCUT2D eigenvalue weighted by Crippen LogP contribution is -2.23. The van der Waals surface area contributed by atoms with Crippen molar-refractivity contribution in [3.63, 3.8) is 0 Å². The van der Waals surface area contributed by atoms with Crippen molar-refractivity contribution in [1.82, 2.24) is 4.72 Å². The van der Waals surface area contributed by atoms with Crippen LogP contribution in [-0.2, 0) is 16.6 Å². The summed E-state index contributed by atoms with van der Waals surface area (Å²) in [6.45, 7) is 2.13. The van der Waals surface area contributed by atoms with Crippen LogP contribution in [0.5, 0.6) is 11.5 Å². The molecule has 5 nitrogen and oxygen atoms in total. The number of rotatable bonds is 7. The molecule has 7 heteroatoms. The molecule has 0 atom stereocenters. The summed E-state index contributed by atoms with van der Waals surface area (Å²) in [6.07, 6.45) is 0. The van der Waals surface area contributed by atoms with Crippen LogP contribution in [0.4, 0.5) is 4.39 Å². The SMILES string of the molecule is CCOc1ccc(S(=O)(=O)NCc2ccc(OC)cc2)cc1F. The van der Waals surface area contributed by atoms with Crippen molar-refractivity contribution in [3.05, 3.63) is 53.8 Å². The molecule has 0 aliphatic rings. The van der Waals surface area contributed by atoms with Gasteiger partial charge in [0.05, 0.1) is 18.6 Å². The molecule has 0 aliphatic heterocycles. The number of halogens is 1. The molecule has 23 heavy (non-hydrogen) atoms. The van der Waals surface area contributed by atoms with Crippen LogP contribution in [0.25, 0.3) is 0 Å². The van der Waals surface area contributed by atoms with Crippen LogP contribution >= 0.6 is 0 Å². The largest absolute Gasteiger partial charge is 0.497 e. The molecule has 0 heterocycles. The maximum Gasteiger partial charge on any atom is 0.240 e. The van der Waals surface area contributed by atoms with Crippen LogP contribution in [-0.4, -0.2) is 22.1 Å². The van der Waals surface area contributed by atoms with Crippen molar-refractivity contribution in [2.24, 2.45) is 0 Å². The number of hydrogen-bond donors (Lipinski definition) is 1. The molecule has 124 valence electrons. The third kappa shape index (κ3) is 4.43. The number of benzene rings is 2. The van der Waals surface area contributed by atoms with E-state index in [4.69, 9.17) is 9.47 Å². The molecule has 0 saturated heterocycles. The zero-order chi connectivity index (χ0) is 16.9. The summed E-state index contributed by atoms with van der Waals surface area (Å²) in [4.78, 5) is -0.146. The van der Waals surface area contributed by atoms with Gasteiger partial charge < -0.3 is 9.47 Å². The Kier molecular flexibility index (Phi) is 5.57. The monoisotopic (exact) mass is 339 g/mol. The van der Waals surface area contributed by atoms with Crippen LogP contribution in [0.15, 0.2) is 47.4 Å². The number of hydrogen-bond acceptors (Lipinski definition) is 4. The van der Waals surface area contributed by atoms with Crippen LogP contribution in [0.3, 0.4) is 0 Å². The molecule has 0 saturated carbocycles. The van der Waals surface area contributed by atoms with Gasteiger partial charge in [-0.25, -0.2) is 17.5 Å². The first kappa shape index (κ1) is 17.2. The molecule has 0 spiro atoms. The van der Waals surface area contributed by atoms with E-state index in [0.29, 0.717) is 12.4 Å². The lowest BCUT2D eigenvalue weighted by molar-refractivity contribution is 0.321. The zero-order valence-corrected chi connectivity index (χ0v) is 13.7. The van der Waals surface area contributed by atoms with E-state index in [1.54, 1.807) is 38.3 Å². The maximum atomic E-state index is 13.8. The smallest absolute Gasteiger partial charge is 0.240 e. The summed E-state index contributed by atoms with van der Waals surface area (Å²) in [5.41, 5.74) is 0.765. The molecule has 2 aromatic rings. The Morgan fingerprint density at radius 2 is 1.83 bits per heavy atom. The van der Waals surface area contributed by atoms with Crippen molar-refractivity contribution < 1.29 is 22.3 Å². The Labute approximate surface area is 135 Å². The van der Waals surface area contributed by atoms with E-state index in [1.165, 1.54) is 12.1 Å². The highest BCUT2D eigenvalue weighted by Gasteiger charge is 2.16. The molecular formula is C16H18FNO4S. The third-order valence-corrected chi connectivity index (χ3v) is 4.54. The summed E-state index contributed by atoms with van der Waals surface area (Å²) < 4.78 is 50.7. The lowest BCUT2D eigenvalue weighted by atomic mass is 10.2. The van der Waals surface area contributed by atoms with E-state index in [1.807, 2.05) is 0 Å². The molecule has 0 aromatic heterocycles. The summed E-state index contributed by atoms with van der Waals surface area (Å²) in [6, 6.07) is 10.5.